The fourth-order valence-electron chi connectivity index (χ4n) is 2.40. The summed E-state index contributed by atoms with van der Waals surface area (Å²) in [6.45, 7) is 4.49. The first-order valence-corrected chi connectivity index (χ1v) is 8.36. The van der Waals surface area contributed by atoms with Crippen molar-refractivity contribution in [3.05, 3.63) is 71.3 Å². The normalized spacial score (nSPS) is 11.8. The summed E-state index contributed by atoms with van der Waals surface area (Å²) in [6.07, 6.45) is 2.01. The highest BCUT2D eigenvalue weighted by atomic mass is 16.6. The van der Waals surface area contributed by atoms with E-state index >= 15 is 0 Å². The van der Waals surface area contributed by atoms with Crippen LogP contribution in [0.5, 0.6) is 5.75 Å². The van der Waals surface area contributed by atoms with Crippen molar-refractivity contribution in [3.8, 4) is 5.75 Å². The van der Waals surface area contributed by atoms with Crippen LogP contribution in [0.15, 0.2) is 59.8 Å². The number of carbonyl (C=O) groups is 1. The number of nitrogens with one attached hydrogen (secondary N) is 1. The molecule has 0 heterocycles. The highest BCUT2D eigenvalue weighted by Gasteiger charge is 2.17. The molecule has 2 aromatic rings. The highest BCUT2D eigenvalue weighted by Crippen LogP contribution is 2.20. The Morgan fingerprint density at radius 2 is 1.85 bits per heavy atom. The second kappa shape index (κ2) is 9.42. The third kappa shape index (κ3) is 4.96. The standard InChI is InChI=1S/C21H24N2O3/c1-15-9-11-17(12-10-15)16(2)13-14-26-19-8-6-5-7-18(19)20(23-25-4)21(24)22-3/h5-13H,14H2,1-4H3,(H,22,24)/b16-13+,23-20+. The molecule has 0 saturated carbocycles. The Balaban J connectivity index is 2.17. The lowest BCUT2D eigenvalue weighted by Crippen LogP contribution is -2.29. The molecule has 0 saturated heterocycles. The Morgan fingerprint density at radius 1 is 1.15 bits per heavy atom. The number of nitrogens with zero attached hydrogens (tertiary/aromatic N) is 1. The van der Waals surface area contributed by atoms with Gasteiger partial charge in [0.1, 0.15) is 19.5 Å². The first-order chi connectivity index (χ1) is 12.6. The molecule has 0 aliphatic rings. The number of carbonyl (C=O) groups excluding carboxylic acids is 1. The van der Waals surface area contributed by atoms with Crippen molar-refractivity contribution in [1.29, 1.82) is 0 Å². The van der Waals surface area contributed by atoms with Crippen LogP contribution in [-0.2, 0) is 9.63 Å². The number of allylic oxidation sites excluding steroid dienone is 1. The maximum absolute atomic E-state index is 12.1. The van der Waals surface area contributed by atoms with Gasteiger partial charge in [-0.15, -0.1) is 0 Å². The topological polar surface area (TPSA) is 59.9 Å². The van der Waals surface area contributed by atoms with E-state index < -0.39 is 0 Å². The maximum Gasteiger partial charge on any atom is 0.273 e. The van der Waals surface area contributed by atoms with E-state index in [0.717, 1.165) is 11.1 Å². The Bertz CT molecular complexity index is 808. The molecule has 5 nitrogen and oxygen atoms in total. The van der Waals surface area contributed by atoms with E-state index in [1.54, 1.807) is 19.2 Å². The number of likely N-dealkylation sites (N-methyl/N-ethyl adjacent to an activating group) is 1. The van der Waals surface area contributed by atoms with Crippen LogP contribution in [-0.4, -0.2) is 32.4 Å². The van der Waals surface area contributed by atoms with E-state index in [2.05, 4.69) is 41.7 Å². The molecular formula is C21H24N2O3. The zero-order valence-corrected chi connectivity index (χ0v) is 15.6. The summed E-state index contributed by atoms with van der Waals surface area (Å²) < 4.78 is 5.88. The Kier molecular flexibility index (Phi) is 6.97. The smallest absolute Gasteiger partial charge is 0.273 e. The number of ether oxygens (including phenoxy) is 1. The minimum Gasteiger partial charge on any atom is -0.489 e. The zero-order valence-electron chi connectivity index (χ0n) is 15.6. The molecule has 0 aromatic heterocycles. The van der Waals surface area contributed by atoms with Crippen molar-refractivity contribution in [2.24, 2.45) is 5.16 Å². The second-order valence-electron chi connectivity index (χ2n) is 5.76. The van der Waals surface area contributed by atoms with Crippen LogP contribution in [0.3, 0.4) is 0 Å². The van der Waals surface area contributed by atoms with Gasteiger partial charge in [-0.2, -0.15) is 0 Å². The van der Waals surface area contributed by atoms with Gasteiger partial charge in [0.2, 0.25) is 0 Å². The number of para-hydroxylation sites is 1. The van der Waals surface area contributed by atoms with Gasteiger partial charge in [0.05, 0.1) is 5.56 Å². The minimum absolute atomic E-state index is 0.171. The van der Waals surface area contributed by atoms with Gasteiger partial charge in [-0.05, 0) is 43.2 Å². The monoisotopic (exact) mass is 352 g/mol. The van der Waals surface area contributed by atoms with Crippen LogP contribution in [0.1, 0.15) is 23.6 Å². The van der Waals surface area contributed by atoms with Crippen molar-refractivity contribution < 1.29 is 14.4 Å². The van der Waals surface area contributed by atoms with E-state index in [9.17, 15) is 4.79 Å². The summed E-state index contributed by atoms with van der Waals surface area (Å²) in [4.78, 5) is 16.9. The molecule has 0 bridgehead atoms. The number of amides is 1. The fourth-order valence-corrected chi connectivity index (χ4v) is 2.40. The van der Waals surface area contributed by atoms with Crippen LogP contribution in [0.2, 0.25) is 0 Å². The SMILES string of the molecule is CNC(=O)/C(=N/OC)c1ccccc1OC/C=C(\C)c1ccc(C)cc1. The number of benzene rings is 2. The lowest BCUT2D eigenvalue weighted by molar-refractivity contribution is -0.114. The van der Waals surface area contributed by atoms with E-state index in [4.69, 9.17) is 9.57 Å². The zero-order chi connectivity index (χ0) is 18.9. The number of aryl methyl sites for hydroxylation is 1. The number of hydrogen-bond acceptors (Lipinski definition) is 4. The molecule has 0 radical (unpaired) electrons. The molecule has 0 spiro atoms. The van der Waals surface area contributed by atoms with Gasteiger partial charge >= 0.3 is 0 Å². The van der Waals surface area contributed by atoms with Crippen LogP contribution >= 0.6 is 0 Å². The van der Waals surface area contributed by atoms with Gasteiger partial charge in [-0.1, -0.05) is 47.1 Å². The lowest BCUT2D eigenvalue weighted by atomic mass is 10.1. The molecule has 0 fully saturated rings. The Morgan fingerprint density at radius 3 is 2.50 bits per heavy atom. The first-order valence-electron chi connectivity index (χ1n) is 8.36. The van der Waals surface area contributed by atoms with Crippen molar-refractivity contribution in [2.75, 3.05) is 20.8 Å². The highest BCUT2D eigenvalue weighted by molar-refractivity contribution is 6.45. The summed E-state index contributed by atoms with van der Waals surface area (Å²) in [7, 11) is 2.95. The molecule has 0 aliphatic carbocycles. The maximum atomic E-state index is 12.1. The summed E-state index contributed by atoms with van der Waals surface area (Å²) in [5.74, 6) is 0.231. The quantitative estimate of drug-likeness (QED) is 0.612. The largest absolute Gasteiger partial charge is 0.489 e. The molecule has 0 atom stereocenters. The molecule has 2 rings (SSSR count). The van der Waals surface area contributed by atoms with E-state index in [0.29, 0.717) is 17.9 Å². The predicted molar refractivity (Wildman–Crippen MR) is 104 cm³/mol. The van der Waals surface area contributed by atoms with Gasteiger partial charge in [0, 0.05) is 7.05 Å². The molecule has 136 valence electrons. The molecule has 2 aromatic carbocycles. The number of rotatable bonds is 7. The van der Waals surface area contributed by atoms with Crippen LogP contribution in [0.25, 0.3) is 5.57 Å². The van der Waals surface area contributed by atoms with E-state index in [1.165, 1.54) is 12.7 Å². The second-order valence-corrected chi connectivity index (χ2v) is 5.76. The van der Waals surface area contributed by atoms with Gasteiger partial charge in [-0.3, -0.25) is 4.79 Å². The minimum atomic E-state index is -0.339. The van der Waals surface area contributed by atoms with Crippen molar-refractivity contribution in [2.45, 2.75) is 13.8 Å². The van der Waals surface area contributed by atoms with Gasteiger partial charge in [0.15, 0.2) is 5.71 Å². The molecule has 5 heteroatoms. The summed E-state index contributed by atoms with van der Waals surface area (Å²) in [5, 5.41) is 6.39. The lowest BCUT2D eigenvalue weighted by Gasteiger charge is -2.11. The summed E-state index contributed by atoms with van der Waals surface area (Å²) >= 11 is 0. The van der Waals surface area contributed by atoms with Crippen molar-refractivity contribution >= 4 is 17.2 Å². The third-order valence-electron chi connectivity index (χ3n) is 3.90. The van der Waals surface area contributed by atoms with Gasteiger partial charge in [-0.25, -0.2) is 0 Å². The first kappa shape index (κ1) is 19.2. The third-order valence-corrected chi connectivity index (χ3v) is 3.90. The predicted octanol–water partition coefficient (Wildman–Crippen LogP) is 3.57. The Hall–Kier alpha value is -3.08. The average molecular weight is 352 g/mol. The molecular weight excluding hydrogens is 328 g/mol. The van der Waals surface area contributed by atoms with Crippen molar-refractivity contribution in [1.82, 2.24) is 5.32 Å². The van der Waals surface area contributed by atoms with Crippen LogP contribution in [0.4, 0.5) is 0 Å². The van der Waals surface area contributed by atoms with Crippen LogP contribution < -0.4 is 10.1 Å². The molecule has 0 aliphatic heterocycles. The Labute approximate surface area is 154 Å². The van der Waals surface area contributed by atoms with Gasteiger partial charge < -0.3 is 14.9 Å². The van der Waals surface area contributed by atoms with E-state index in [-0.39, 0.29) is 11.6 Å². The van der Waals surface area contributed by atoms with E-state index in [1.807, 2.05) is 25.1 Å². The molecule has 26 heavy (non-hydrogen) atoms. The fraction of sp³-hybridized carbons (Fsp3) is 0.238. The average Bonchev–Trinajstić information content (AvgIpc) is 2.66. The molecule has 1 amide bonds. The van der Waals surface area contributed by atoms with Crippen molar-refractivity contribution in [3.63, 3.8) is 0 Å². The van der Waals surface area contributed by atoms with Crippen LogP contribution in [0, 0.1) is 6.92 Å². The number of hydrogen-bond donors (Lipinski definition) is 1. The molecule has 0 unspecified atom stereocenters. The molecule has 1 N–H and O–H groups in total. The summed E-state index contributed by atoms with van der Waals surface area (Å²) in [6, 6.07) is 15.6. The summed E-state index contributed by atoms with van der Waals surface area (Å²) in [5.41, 5.74) is 4.25. The van der Waals surface area contributed by atoms with Gasteiger partial charge in [0.25, 0.3) is 5.91 Å². The number of oxime groups is 1.